The molecule has 1 heterocycles. The van der Waals surface area contributed by atoms with Crippen LogP contribution >= 0.6 is 45.8 Å². The predicted molar refractivity (Wildman–Crippen MR) is 116 cm³/mol. The fraction of sp³-hybridized carbons (Fsp3) is 0. The lowest BCUT2D eigenvalue weighted by atomic mass is 10.2. The van der Waals surface area contributed by atoms with Gasteiger partial charge in [0, 0.05) is 15.2 Å². The maximum Gasteiger partial charge on any atom is 0.266 e. The molecule has 0 aliphatic heterocycles. The molecule has 1 N–H and O–H groups in total. The van der Waals surface area contributed by atoms with E-state index in [2.05, 4.69) is 27.9 Å². The topological polar surface area (TPSA) is 66.0 Å². The van der Waals surface area contributed by atoms with Gasteiger partial charge in [0.2, 0.25) is 0 Å². The maximum absolute atomic E-state index is 12.4. The summed E-state index contributed by atoms with van der Waals surface area (Å²) in [6, 6.07) is 17.8. The number of para-hydroxylation sites is 1. The van der Waals surface area contributed by atoms with Gasteiger partial charge in [-0.1, -0.05) is 35.3 Å². The van der Waals surface area contributed by atoms with Crippen LogP contribution in [0.15, 0.2) is 64.6 Å². The van der Waals surface area contributed by atoms with Crippen LogP contribution in [0.25, 0.3) is 17.4 Å². The van der Waals surface area contributed by atoms with Gasteiger partial charge in [-0.2, -0.15) is 5.26 Å². The molecular formula is C20H11Cl2IN2O2. The number of carbonyl (C=O) groups excluding carboxylic acids is 1. The molecule has 134 valence electrons. The Kier molecular flexibility index (Phi) is 6.22. The molecule has 0 unspecified atom stereocenters. The first-order valence-electron chi connectivity index (χ1n) is 7.71. The largest absolute Gasteiger partial charge is 0.457 e. The molecule has 27 heavy (non-hydrogen) atoms. The van der Waals surface area contributed by atoms with Crippen molar-refractivity contribution in [3.63, 3.8) is 0 Å². The lowest BCUT2D eigenvalue weighted by molar-refractivity contribution is -0.112. The number of hydrogen-bond acceptors (Lipinski definition) is 3. The highest BCUT2D eigenvalue weighted by atomic mass is 127. The van der Waals surface area contributed by atoms with Crippen molar-refractivity contribution in [3.05, 3.63) is 79.5 Å². The van der Waals surface area contributed by atoms with Crippen molar-refractivity contribution < 1.29 is 9.21 Å². The molecule has 0 aliphatic rings. The summed E-state index contributed by atoms with van der Waals surface area (Å²) in [6.07, 6.45) is 1.40. The number of rotatable bonds is 4. The van der Waals surface area contributed by atoms with E-state index in [1.54, 1.807) is 36.4 Å². The Hall–Kier alpha value is -2.27. The average Bonchev–Trinajstić information content (AvgIpc) is 3.12. The van der Waals surface area contributed by atoms with Crippen molar-refractivity contribution in [2.75, 3.05) is 5.32 Å². The van der Waals surface area contributed by atoms with Crippen LogP contribution in [0, 0.1) is 14.9 Å². The number of nitriles is 1. The van der Waals surface area contributed by atoms with Crippen LogP contribution in [-0.2, 0) is 4.79 Å². The Morgan fingerprint density at radius 1 is 1.11 bits per heavy atom. The first-order chi connectivity index (χ1) is 13.0. The quantitative estimate of drug-likeness (QED) is 0.252. The van der Waals surface area contributed by atoms with E-state index in [9.17, 15) is 10.1 Å². The van der Waals surface area contributed by atoms with Crippen molar-refractivity contribution in [3.8, 4) is 17.4 Å². The van der Waals surface area contributed by atoms with Gasteiger partial charge in [-0.3, -0.25) is 4.79 Å². The van der Waals surface area contributed by atoms with E-state index in [1.165, 1.54) is 6.08 Å². The van der Waals surface area contributed by atoms with Crippen LogP contribution in [0.2, 0.25) is 10.0 Å². The summed E-state index contributed by atoms with van der Waals surface area (Å²) in [7, 11) is 0. The smallest absolute Gasteiger partial charge is 0.266 e. The molecule has 0 fully saturated rings. The van der Waals surface area contributed by atoms with E-state index >= 15 is 0 Å². The molecule has 7 heteroatoms. The highest BCUT2D eigenvalue weighted by Crippen LogP contribution is 2.30. The Morgan fingerprint density at radius 3 is 2.59 bits per heavy atom. The second kappa shape index (κ2) is 8.61. The number of carbonyl (C=O) groups is 1. The summed E-state index contributed by atoms with van der Waals surface area (Å²) in [6.45, 7) is 0. The van der Waals surface area contributed by atoms with Crippen LogP contribution in [0.5, 0.6) is 0 Å². The fourth-order valence-electron chi connectivity index (χ4n) is 2.28. The van der Waals surface area contributed by atoms with E-state index in [0.29, 0.717) is 27.3 Å². The minimum Gasteiger partial charge on any atom is -0.457 e. The van der Waals surface area contributed by atoms with Crippen molar-refractivity contribution in [1.29, 1.82) is 5.26 Å². The summed E-state index contributed by atoms with van der Waals surface area (Å²) in [5.74, 6) is 0.426. The van der Waals surface area contributed by atoms with Crippen LogP contribution in [0.3, 0.4) is 0 Å². The first-order valence-corrected chi connectivity index (χ1v) is 9.54. The van der Waals surface area contributed by atoms with E-state index in [1.807, 2.05) is 24.3 Å². The molecule has 0 atom stereocenters. The molecule has 2 aromatic carbocycles. The van der Waals surface area contributed by atoms with Crippen LogP contribution in [0.4, 0.5) is 5.69 Å². The molecule has 3 rings (SSSR count). The van der Waals surface area contributed by atoms with E-state index in [-0.39, 0.29) is 5.57 Å². The second-order valence-corrected chi connectivity index (χ2v) is 7.41. The van der Waals surface area contributed by atoms with E-state index in [4.69, 9.17) is 27.6 Å². The molecule has 0 saturated heterocycles. The molecule has 0 saturated carbocycles. The third kappa shape index (κ3) is 4.72. The van der Waals surface area contributed by atoms with Crippen LogP contribution < -0.4 is 5.32 Å². The Balaban J connectivity index is 1.83. The van der Waals surface area contributed by atoms with Crippen molar-refractivity contribution in [2.24, 2.45) is 0 Å². The second-order valence-electron chi connectivity index (χ2n) is 5.43. The van der Waals surface area contributed by atoms with Crippen LogP contribution in [-0.4, -0.2) is 5.91 Å². The number of amides is 1. The zero-order chi connectivity index (χ0) is 19.4. The zero-order valence-corrected chi connectivity index (χ0v) is 17.3. The third-order valence-electron chi connectivity index (χ3n) is 3.60. The Bertz CT molecular complexity index is 1080. The minimum atomic E-state index is -0.505. The van der Waals surface area contributed by atoms with E-state index in [0.717, 1.165) is 9.13 Å². The molecular weight excluding hydrogens is 498 g/mol. The maximum atomic E-state index is 12.4. The average molecular weight is 509 g/mol. The lowest BCUT2D eigenvalue weighted by Gasteiger charge is -2.05. The molecule has 1 aromatic heterocycles. The molecule has 0 aliphatic carbocycles. The highest BCUT2D eigenvalue weighted by molar-refractivity contribution is 14.1. The summed E-state index contributed by atoms with van der Waals surface area (Å²) in [5.41, 5.74) is 1.32. The monoisotopic (exact) mass is 508 g/mol. The summed E-state index contributed by atoms with van der Waals surface area (Å²) < 4.78 is 6.59. The molecule has 0 spiro atoms. The SMILES string of the molecule is N#CC(=Cc1ccc(-c2ccc(Cl)c(Cl)c2)o1)C(=O)Nc1ccccc1I. The Morgan fingerprint density at radius 2 is 1.89 bits per heavy atom. The zero-order valence-electron chi connectivity index (χ0n) is 13.7. The van der Waals surface area contributed by atoms with Gasteiger partial charge in [0.05, 0.1) is 15.7 Å². The Labute approximate surface area is 179 Å². The molecule has 1 amide bonds. The van der Waals surface area contributed by atoms with Gasteiger partial charge in [0.15, 0.2) is 0 Å². The number of nitrogens with zero attached hydrogens (tertiary/aromatic N) is 1. The van der Waals surface area contributed by atoms with Gasteiger partial charge in [-0.05, 0) is 65.1 Å². The predicted octanol–water partition coefficient (Wildman–Crippen LogP) is 6.40. The lowest BCUT2D eigenvalue weighted by Crippen LogP contribution is -2.14. The minimum absolute atomic E-state index is 0.0651. The number of nitrogens with one attached hydrogen (secondary N) is 1. The first kappa shape index (κ1) is 19.5. The third-order valence-corrected chi connectivity index (χ3v) is 5.28. The van der Waals surface area contributed by atoms with Gasteiger partial charge in [0.1, 0.15) is 23.2 Å². The summed E-state index contributed by atoms with van der Waals surface area (Å²) in [4.78, 5) is 12.4. The summed E-state index contributed by atoms with van der Waals surface area (Å²) in [5, 5.41) is 12.9. The van der Waals surface area contributed by atoms with Gasteiger partial charge in [-0.15, -0.1) is 0 Å². The molecule has 0 bridgehead atoms. The highest BCUT2D eigenvalue weighted by Gasteiger charge is 2.13. The number of anilines is 1. The van der Waals surface area contributed by atoms with Gasteiger partial charge >= 0.3 is 0 Å². The van der Waals surface area contributed by atoms with Crippen molar-refractivity contribution in [2.45, 2.75) is 0 Å². The van der Waals surface area contributed by atoms with Gasteiger partial charge in [0.25, 0.3) is 5.91 Å². The fourth-order valence-corrected chi connectivity index (χ4v) is 3.10. The van der Waals surface area contributed by atoms with Crippen LogP contribution in [0.1, 0.15) is 5.76 Å². The number of furan rings is 1. The summed E-state index contributed by atoms with van der Waals surface area (Å²) >= 11 is 14.1. The number of hydrogen-bond donors (Lipinski definition) is 1. The number of benzene rings is 2. The van der Waals surface area contributed by atoms with E-state index < -0.39 is 5.91 Å². The molecule has 0 radical (unpaired) electrons. The van der Waals surface area contributed by atoms with Crippen molar-refractivity contribution in [1.82, 2.24) is 0 Å². The number of halogens is 3. The van der Waals surface area contributed by atoms with Gasteiger partial charge < -0.3 is 9.73 Å². The molecule has 4 nitrogen and oxygen atoms in total. The standard InChI is InChI=1S/C20H11Cl2IN2O2/c21-15-7-5-12(10-16(15)22)19-8-6-14(27-19)9-13(11-24)20(26)25-18-4-2-1-3-17(18)23/h1-10H,(H,25,26). The van der Waals surface area contributed by atoms with Crippen molar-refractivity contribution >= 4 is 63.5 Å². The van der Waals surface area contributed by atoms with Gasteiger partial charge in [-0.25, -0.2) is 0 Å². The molecule has 3 aromatic rings. The normalized spacial score (nSPS) is 11.1.